The van der Waals surface area contributed by atoms with Crippen LogP contribution in [0.4, 0.5) is 0 Å². The Hall–Kier alpha value is -1.89. The summed E-state index contributed by atoms with van der Waals surface area (Å²) < 4.78 is 1.58. The van der Waals surface area contributed by atoms with Crippen molar-refractivity contribution in [2.75, 3.05) is 6.54 Å². The Kier molecular flexibility index (Phi) is 3.84. The van der Waals surface area contributed by atoms with Crippen LogP contribution in [-0.4, -0.2) is 44.3 Å². The molecule has 1 amide bonds. The maximum Gasteiger partial charge on any atom is 0.305 e. The van der Waals surface area contributed by atoms with E-state index >= 15 is 0 Å². The fourth-order valence-corrected chi connectivity index (χ4v) is 2.46. The number of carboxylic acids is 1. The van der Waals surface area contributed by atoms with E-state index in [9.17, 15) is 9.59 Å². The van der Waals surface area contributed by atoms with Gasteiger partial charge in [0.1, 0.15) is 6.04 Å². The van der Waals surface area contributed by atoms with Gasteiger partial charge in [-0.05, 0) is 12.8 Å². The number of carbonyl (C=O) groups excluding carboxylic acids is 1. The zero-order chi connectivity index (χ0) is 14.0. The van der Waals surface area contributed by atoms with E-state index in [2.05, 4.69) is 5.10 Å². The molecule has 0 saturated carbocycles. The quantitative estimate of drug-likeness (QED) is 0.791. The number of amides is 1. The Morgan fingerprint density at radius 1 is 1.63 bits per heavy atom. The van der Waals surface area contributed by atoms with Crippen molar-refractivity contribution >= 4 is 11.9 Å². The number of hydrogen-bond acceptors (Lipinski definition) is 4. The summed E-state index contributed by atoms with van der Waals surface area (Å²) in [5, 5.41) is 12.8. The fourth-order valence-electron chi connectivity index (χ4n) is 2.46. The van der Waals surface area contributed by atoms with Crippen molar-refractivity contribution in [3.8, 4) is 0 Å². The lowest BCUT2D eigenvalue weighted by atomic mass is 10.1. The van der Waals surface area contributed by atoms with E-state index in [1.54, 1.807) is 29.0 Å². The van der Waals surface area contributed by atoms with Crippen molar-refractivity contribution in [2.24, 2.45) is 12.8 Å². The molecule has 1 aromatic rings. The van der Waals surface area contributed by atoms with Crippen LogP contribution >= 0.6 is 0 Å². The van der Waals surface area contributed by atoms with Crippen molar-refractivity contribution in [1.82, 2.24) is 14.7 Å². The number of nitrogens with zero attached hydrogens (tertiary/aromatic N) is 3. The molecular weight excluding hydrogens is 248 g/mol. The Bertz CT molecular complexity index is 485. The molecule has 2 unspecified atom stereocenters. The largest absolute Gasteiger partial charge is 0.481 e. The number of carbonyl (C=O) groups is 2. The number of hydrogen-bond donors (Lipinski definition) is 2. The van der Waals surface area contributed by atoms with Gasteiger partial charge in [0, 0.05) is 31.4 Å². The molecule has 2 rings (SSSR count). The van der Waals surface area contributed by atoms with Crippen LogP contribution in [0.5, 0.6) is 0 Å². The van der Waals surface area contributed by atoms with Gasteiger partial charge >= 0.3 is 5.97 Å². The van der Waals surface area contributed by atoms with Crippen molar-refractivity contribution in [3.05, 3.63) is 18.0 Å². The molecule has 0 bridgehead atoms. The third-order valence-corrected chi connectivity index (χ3v) is 3.42. The van der Waals surface area contributed by atoms with Gasteiger partial charge in [0.2, 0.25) is 5.91 Å². The smallest absolute Gasteiger partial charge is 0.305 e. The van der Waals surface area contributed by atoms with E-state index in [4.69, 9.17) is 10.8 Å². The number of likely N-dealkylation sites (tertiary alicyclic amines) is 1. The van der Waals surface area contributed by atoms with Gasteiger partial charge < -0.3 is 15.7 Å². The molecule has 0 radical (unpaired) electrons. The summed E-state index contributed by atoms with van der Waals surface area (Å²) >= 11 is 0. The summed E-state index contributed by atoms with van der Waals surface area (Å²) in [4.78, 5) is 24.7. The molecule has 104 valence electrons. The summed E-state index contributed by atoms with van der Waals surface area (Å²) in [5.41, 5.74) is 6.58. The first-order valence-corrected chi connectivity index (χ1v) is 6.25. The second-order valence-electron chi connectivity index (χ2n) is 4.85. The molecule has 2 heterocycles. The summed E-state index contributed by atoms with van der Waals surface area (Å²) in [6.07, 6.45) is 4.78. The van der Waals surface area contributed by atoms with Gasteiger partial charge in [-0.3, -0.25) is 14.3 Å². The van der Waals surface area contributed by atoms with Crippen molar-refractivity contribution < 1.29 is 14.7 Å². The van der Waals surface area contributed by atoms with Crippen molar-refractivity contribution in [2.45, 2.75) is 31.3 Å². The van der Waals surface area contributed by atoms with E-state index in [0.29, 0.717) is 12.1 Å². The van der Waals surface area contributed by atoms with Crippen LogP contribution < -0.4 is 5.73 Å². The first-order chi connectivity index (χ1) is 8.99. The van der Waals surface area contributed by atoms with E-state index in [1.165, 1.54) is 0 Å². The molecular formula is C12H18N4O3. The molecule has 0 aliphatic carbocycles. The van der Waals surface area contributed by atoms with Crippen LogP contribution in [0.2, 0.25) is 0 Å². The second-order valence-corrected chi connectivity index (χ2v) is 4.85. The molecule has 19 heavy (non-hydrogen) atoms. The summed E-state index contributed by atoms with van der Waals surface area (Å²) in [6, 6.07) is -1.02. The van der Waals surface area contributed by atoms with Gasteiger partial charge in [-0.2, -0.15) is 5.10 Å². The van der Waals surface area contributed by atoms with Gasteiger partial charge in [0.25, 0.3) is 0 Å². The summed E-state index contributed by atoms with van der Waals surface area (Å²) in [7, 11) is 1.75. The van der Waals surface area contributed by atoms with E-state index in [-0.39, 0.29) is 18.4 Å². The van der Waals surface area contributed by atoms with E-state index in [0.717, 1.165) is 12.8 Å². The second kappa shape index (κ2) is 5.40. The van der Waals surface area contributed by atoms with Gasteiger partial charge in [-0.25, -0.2) is 0 Å². The third-order valence-electron chi connectivity index (χ3n) is 3.42. The summed E-state index contributed by atoms with van der Waals surface area (Å²) in [5.74, 6) is -1.11. The summed E-state index contributed by atoms with van der Waals surface area (Å²) in [6.45, 7) is 0.574. The minimum atomic E-state index is -0.889. The predicted octanol–water partition coefficient (Wildman–Crippen LogP) is -0.114. The van der Waals surface area contributed by atoms with Gasteiger partial charge in [-0.1, -0.05) is 0 Å². The standard InChI is InChI=1S/C12H18N4O3/c1-15-7-8(6-14-15)11(13)12(19)16-4-2-3-9(16)5-10(17)18/h6-7,9,11H,2-5,13H2,1H3,(H,17,18). The minimum Gasteiger partial charge on any atom is -0.481 e. The first kappa shape index (κ1) is 13.5. The van der Waals surface area contributed by atoms with Gasteiger partial charge in [0.05, 0.1) is 12.6 Å². The maximum absolute atomic E-state index is 12.3. The molecule has 2 atom stereocenters. The van der Waals surface area contributed by atoms with E-state index < -0.39 is 12.0 Å². The molecule has 0 aromatic carbocycles. The highest BCUT2D eigenvalue weighted by Gasteiger charge is 2.33. The van der Waals surface area contributed by atoms with Crippen LogP contribution in [0.25, 0.3) is 0 Å². The normalized spacial score (nSPS) is 20.5. The molecule has 7 nitrogen and oxygen atoms in total. The monoisotopic (exact) mass is 266 g/mol. The highest BCUT2D eigenvalue weighted by atomic mass is 16.4. The molecule has 1 aliphatic rings. The van der Waals surface area contributed by atoms with Crippen LogP contribution in [0.15, 0.2) is 12.4 Å². The zero-order valence-electron chi connectivity index (χ0n) is 10.8. The van der Waals surface area contributed by atoms with Crippen LogP contribution in [0.3, 0.4) is 0 Å². The fraction of sp³-hybridized carbons (Fsp3) is 0.583. The Morgan fingerprint density at radius 3 is 2.95 bits per heavy atom. The lowest BCUT2D eigenvalue weighted by molar-refractivity contribution is -0.140. The van der Waals surface area contributed by atoms with Crippen molar-refractivity contribution in [1.29, 1.82) is 0 Å². The highest BCUT2D eigenvalue weighted by molar-refractivity contribution is 5.84. The molecule has 0 spiro atoms. The number of aromatic nitrogens is 2. The molecule has 3 N–H and O–H groups in total. The van der Waals surface area contributed by atoms with Crippen LogP contribution in [0, 0.1) is 0 Å². The topological polar surface area (TPSA) is 101 Å². The Morgan fingerprint density at radius 2 is 2.37 bits per heavy atom. The average Bonchev–Trinajstić information content (AvgIpc) is 2.95. The SMILES string of the molecule is Cn1cc(C(N)C(=O)N2CCCC2CC(=O)O)cn1. The Labute approximate surface area is 111 Å². The lowest BCUT2D eigenvalue weighted by Crippen LogP contribution is -2.42. The molecule has 1 aliphatic heterocycles. The minimum absolute atomic E-state index is 0.0223. The third kappa shape index (κ3) is 2.93. The molecule has 1 fully saturated rings. The number of rotatable bonds is 4. The zero-order valence-corrected chi connectivity index (χ0v) is 10.8. The van der Waals surface area contributed by atoms with Gasteiger partial charge in [-0.15, -0.1) is 0 Å². The molecule has 1 aromatic heterocycles. The number of carboxylic acid groups (broad SMARTS) is 1. The van der Waals surface area contributed by atoms with Crippen LogP contribution in [-0.2, 0) is 16.6 Å². The molecule has 7 heteroatoms. The van der Waals surface area contributed by atoms with Crippen molar-refractivity contribution in [3.63, 3.8) is 0 Å². The predicted molar refractivity (Wildman–Crippen MR) is 67.1 cm³/mol. The maximum atomic E-state index is 12.3. The van der Waals surface area contributed by atoms with E-state index in [1.807, 2.05) is 0 Å². The average molecular weight is 266 g/mol. The lowest BCUT2D eigenvalue weighted by Gasteiger charge is -2.26. The molecule has 1 saturated heterocycles. The van der Waals surface area contributed by atoms with Gasteiger partial charge in [0.15, 0.2) is 0 Å². The number of aryl methyl sites for hydroxylation is 1. The number of aliphatic carboxylic acids is 1. The number of nitrogens with two attached hydrogens (primary N) is 1. The Balaban J connectivity index is 2.07. The highest BCUT2D eigenvalue weighted by Crippen LogP contribution is 2.24. The van der Waals surface area contributed by atoms with Crippen LogP contribution in [0.1, 0.15) is 30.9 Å². The first-order valence-electron chi connectivity index (χ1n) is 6.25.